The van der Waals surface area contributed by atoms with Gasteiger partial charge in [-0.15, -0.1) is 0 Å². The lowest BCUT2D eigenvalue weighted by atomic mass is 9.86. The zero-order chi connectivity index (χ0) is 15.0. The van der Waals surface area contributed by atoms with Crippen LogP contribution in [0.25, 0.3) is 0 Å². The van der Waals surface area contributed by atoms with Gasteiger partial charge in [-0.05, 0) is 55.9 Å². The van der Waals surface area contributed by atoms with E-state index >= 15 is 0 Å². The molecule has 3 atom stereocenters. The summed E-state index contributed by atoms with van der Waals surface area (Å²) in [4.78, 5) is 24.1. The van der Waals surface area contributed by atoms with Crippen LogP contribution in [-0.2, 0) is 4.79 Å². The number of Topliss-reactive ketones (excluding diaryl/α,β-unsaturated/α-hetero) is 1. The average molecular weight is 339 g/mol. The molecule has 4 heteroatoms. The zero-order valence-electron chi connectivity index (χ0n) is 11.9. The van der Waals surface area contributed by atoms with Gasteiger partial charge in [-0.3, -0.25) is 9.59 Å². The molecule has 0 spiro atoms. The Morgan fingerprint density at radius 3 is 2.35 bits per heavy atom. The van der Waals surface area contributed by atoms with Crippen LogP contribution >= 0.6 is 15.9 Å². The lowest BCUT2D eigenvalue weighted by Gasteiger charge is -2.16. The van der Waals surface area contributed by atoms with Gasteiger partial charge in [0, 0.05) is 16.0 Å². The number of carbonyl (C=O) groups excluding carboxylic acids is 1. The van der Waals surface area contributed by atoms with Crippen molar-refractivity contribution in [2.75, 3.05) is 0 Å². The number of aryl methyl sites for hydroxylation is 2. The maximum atomic E-state index is 12.7. The molecule has 0 aliphatic heterocycles. The van der Waals surface area contributed by atoms with Gasteiger partial charge in [0.05, 0.1) is 5.92 Å². The molecule has 1 aromatic carbocycles. The lowest BCUT2D eigenvalue weighted by Crippen LogP contribution is -2.26. The molecule has 1 N–H and O–H groups in total. The molecule has 0 aromatic heterocycles. The number of hydrogen-bond acceptors (Lipinski definition) is 2. The fourth-order valence-electron chi connectivity index (χ4n) is 3.10. The van der Waals surface area contributed by atoms with Crippen LogP contribution in [-0.4, -0.2) is 16.9 Å². The Balaban J connectivity index is 2.36. The number of carboxylic acids is 1. The van der Waals surface area contributed by atoms with E-state index in [1.54, 1.807) is 0 Å². The van der Waals surface area contributed by atoms with Gasteiger partial charge < -0.3 is 5.11 Å². The summed E-state index contributed by atoms with van der Waals surface area (Å²) in [5.74, 6) is -1.50. The van der Waals surface area contributed by atoms with Crippen LogP contribution in [0, 0.1) is 31.6 Å². The van der Waals surface area contributed by atoms with E-state index in [0.29, 0.717) is 24.3 Å². The van der Waals surface area contributed by atoms with Gasteiger partial charge in [-0.2, -0.15) is 0 Å². The highest BCUT2D eigenvalue weighted by atomic mass is 79.9. The maximum Gasteiger partial charge on any atom is 0.307 e. The van der Waals surface area contributed by atoms with Crippen molar-refractivity contribution < 1.29 is 14.7 Å². The molecular formula is C16H19BrO3. The van der Waals surface area contributed by atoms with Gasteiger partial charge in [0.25, 0.3) is 0 Å². The van der Waals surface area contributed by atoms with Gasteiger partial charge >= 0.3 is 5.97 Å². The van der Waals surface area contributed by atoms with E-state index in [1.807, 2.05) is 32.9 Å². The van der Waals surface area contributed by atoms with Gasteiger partial charge in [0.15, 0.2) is 5.78 Å². The van der Waals surface area contributed by atoms with E-state index in [1.165, 1.54) is 0 Å². The van der Waals surface area contributed by atoms with Crippen molar-refractivity contribution in [3.63, 3.8) is 0 Å². The molecule has 0 heterocycles. The summed E-state index contributed by atoms with van der Waals surface area (Å²) in [5, 5.41) is 9.31. The van der Waals surface area contributed by atoms with Crippen molar-refractivity contribution >= 4 is 27.7 Å². The minimum absolute atomic E-state index is 0.0187. The third-order valence-corrected chi connectivity index (χ3v) is 5.08. The Morgan fingerprint density at radius 1 is 1.15 bits per heavy atom. The first-order valence-corrected chi connectivity index (χ1v) is 7.64. The summed E-state index contributed by atoms with van der Waals surface area (Å²) in [6, 6.07) is 3.79. The third kappa shape index (κ3) is 2.80. The van der Waals surface area contributed by atoms with E-state index in [2.05, 4.69) is 15.9 Å². The minimum atomic E-state index is -0.848. The molecular weight excluding hydrogens is 320 g/mol. The second kappa shape index (κ2) is 5.68. The van der Waals surface area contributed by atoms with Crippen LogP contribution in [0.2, 0.25) is 0 Å². The molecule has 1 fully saturated rings. The van der Waals surface area contributed by atoms with Crippen LogP contribution in [0.5, 0.6) is 0 Å². The number of carbonyl (C=O) groups is 2. The summed E-state index contributed by atoms with van der Waals surface area (Å²) in [7, 11) is 0. The Hall–Kier alpha value is -1.16. The lowest BCUT2D eigenvalue weighted by molar-refractivity contribution is -0.142. The molecule has 3 unspecified atom stereocenters. The molecule has 0 amide bonds. The van der Waals surface area contributed by atoms with Crippen molar-refractivity contribution in [2.24, 2.45) is 17.8 Å². The highest BCUT2D eigenvalue weighted by molar-refractivity contribution is 9.10. The molecule has 1 aliphatic carbocycles. The highest BCUT2D eigenvalue weighted by Gasteiger charge is 2.41. The quantitative estimate of drug-likeness (QED) is 0.847. The standard InChI is InChI=1S/C16H19BrO3/c1-8-4-12(13(5-8)16(19)20)15(18)11-6-10(3)14(17)7-9(11)2/h6-8,12-13H,4-5H2,1-3H3,(H,19,20). The molecule has 2 rings (SSSR count). The number of carboxylic acid groups (broad SMARTS) is 1. The normalized spacial score (nSPS) is 25.7. The Morgan fingerprint density at radius 2 is 1.75 bits per heavy atom. The number of rotatable bonds is 3. The second-order valence-electron chi connectivity index (χ2n) is 5.91. The monoisotopic (exact) mass is 338 g/mol. The maximum absolute atomic E-state index is 12.7. The summed E-state index contributed by atoms with van der Waals surface area (Å²) in [6.45, 7) is 5.85. The fraction of sp³-hybridized carbons (Fsp3) is 0.500. The van der Waals surface area contributed by atoms with Crippen molar-refractivity contribution in [1.29, 1.82) is 0 Å². The van der Waals surface area contributed by atoms with Crippen molar-refractivity contribution in [2.45, 2.75) is 33.6 Å². The van der Waals surface area contributed by atoms with Crippen LogP contribution < -0.4 is 0 Å². The molecule has 1 aliphatic rings. The van der Waals surface area contributed by atoms with Gasteiger partial charge in [0.2, 0.25) is 0 Å². The Bertz CT molecular complexity index is 565. The van der Waals surface area contributed by atoms with Crippen LogP contribution in [0.4, 0.5) is 0 Å². The molecule has 0 radical (unpaired) electrons. The van der Waals surface area contributed by atoms with Crippen LogP contribution in [0.15, 0.2) is 16.6 Å². The summed E-state index contributed by atoms with van der Waals surface area (Å²) >= 11 is 3.45. The van der Waals surface area contributed by atoms with Crippen molar-refractivity contribution in [1.82, 2.24) is 0 Å². The Kier molecular flexibility index (Phi) is 4.33. The molecule has 0 bridgehead atoms. The van der Waals surface area contributed by atoms with Crippen LogP contribution in [0.1, 0.15) is 41.3 Å². The minimum Gasteiger partial charge on any atom is -0.481 e. The van der Waals surface area contributed by atoms with Gasteiger partial charge in [0.1, 0.15) is 0 Å². The van der Waals surface area contributed by atoms with Crippen LogP contribution in [0.3, 0.4) is 0 Å². The number of halogens is 1. The fourth-order valence-corrected chi connectivity index (χ4v) is 3.56. The van der Waals surface area contributed by atoms with E-state index in [4.69, 9.17) is 0 Å². The summed E-state index contributed by atoms with van der Waals surface area (Å²) < 4.78 is 0.973. The number of benzene rings is 1. The smallest absolute Gasteiger partial charge is 0.307 e. The SMILES string of the molecule is Cc1cc(C(=O)C2CC(C)CC2C(=O)O)c(C)cc1Br. The number of ketones is 1. The second-order valence-corrected chi connectivity index (χ2v) is 6.76. The zero-order valence-corrected chi connectivity index (χ0v) is 13.5. The average Bonchev–Trinajstić information content (AvgIpc) is 2.75. The van der Waals surface area contributed by atoms with Crippen molar-refractivity contribution in [3.05, 3.63) is 33.3 Å². The molecule has 108 valence electrons. The van der Waals surface area contributed by atoms with E-state index in [-0.39, 0.29) is 11.7 Å². The first-order valence-electron chi connectivity index (χ1n) is 6.85. The van der Waals surface area contributed by atoms with Gasteiger partial charge in [-0.25, -0.2) is 0 Å². The molecule has 3 nitrogen and oxygen atoms in total. The van der Waals surface area contributed by atoms with E-state index in [0.717, 1.165) is 15.6 Å². The largest absolute Gasteiger partial charge is 0.481 e. The third-order valence-electron chi connectivity index (χ3n) is 4.22. The predicted octanol–water partition coefficient (Wildman–Crippen LogP) is 4.00. The molecule has 1 saturated carbocycles. The van der Waals surface area contributed by atoms with Crippen molar-refractivity contribution in [3.8, 4) is 0 Å². The summed E-state index contributed by atoms with van der Waals surface area (Å²) in [5.41, 5.74) is 2.56. The highest BCUT2D eigenvalue weighted by Crippen LogP contribution is 2.39. The number of aliphatic carboxylic acids is 1. The predicted molar refractivity (Wildman–Crippen MR) is 81.0 cm³/mol. The van der Waals surface area contributed by atoms with Gasteiger partial charge in [-0.1, -0.05) is 22.9 Å². The summed E-state index contributed by atoms with van der Waals surface area (Å²) in [6.07, 6.45) is 1.27. The number of hydrogen-bond donors (Lipinski definition) is 1. The Labute approximate surface area is 127 Å². The first kappa shape index (κ1) is 15.2. The van der Waals surface area contributed by atoms with E-state index in [9.17, 15) is 14.7 Å². The van der Waals surface area contributed by atoms with E-state index < -0.39 is 11.9 Å². The topological polar surface area (TPSA) is 54.4 Å². The molecule has 1 aromatic rings. The first-order chi connectivity index (χ1) is 9.31. The molecule has 20 heavy (non-hydrogen) atoms. The molecule has 0 saturated heterocycles.